The standard InChI is InChI=1S/C14H17N5O/c1-17-14(15)11(9-16-17)10-5-3-4-6-12(10)19-8-7-13(20)18(19)2/h3-6,9H,7-8,15H2,1-2H3. The molecule has 104 valence electrons. The maximum Gasteiger partial charge on any atom is 0.242 e. The molecule has 1 aromatic carbocycles. The molecule has 0 aliphatic carbocycles. The minimum absolute atomic E-state index is 0.124. The lowest BCUT2D eigenvalue weighted by atomic mass is 10.1. The first-order chi connectivity index (χ1) is 9.59. The second kappa shape index (κ2) is 4.56. The van der Waals surface area contributed by atoms with Gasteiger partial charge in [0.05, 0.1) is 11.9 Å². The topological polar surface area (TPSA) is 67.4 Å². The Kier molecular flexibility index (Phi) is 2.85. The summed E-state index contributed by atoms with van der Waals surface area (Å²) in [7, 11) is 3.60. The minimum atomic E-state index is 0.124. The number of nitrogens with zero attached hydrogens (tertiary/aromatic N) is 4. The molecule has 3 rings (SSSR count). The number of hydrogen-bond acceptors (Lipinski definition) is 4. The summed E-state index contributed by atoms with van der Waals surface area (Å²) in [4.78, 5) is 11.7. The molecule has 1 aromatic heterocycles. The first-order valence-electron chi connectivity index (χ1n) is 6.50. The maximum atomic E-state index is 11.7. The van der Waals surface area contributed by atoms with Gasteiger partial charge < -0.3 is 5.73 Å². The normalized spacial score (nSPS) is 15.2. The molecule has 0 atom stereocenters. The summed E-state index contributed by atoms with van der Waals surface area (Å²) < 4.78 is 1.64. The van der Waals surface area contributed by atoms with Crippen LogP contribution in [0.25, 0.3) is 11.1 Å². The molecule has 2 aromatic rings. The summed E-state index contributed by atoms with van der Waals surface area (Å²) in [5.74, 6) is 0.740. The van der Waals surface area contributed by atoms with E-state index in [9.17, 15) is 4.79 Å². The molecule has 0 bridgehead atoms. The van der Waals surface area contributed by atoms with Gasteiger partial charge in [-0.2, -0.15) is 5.10 Å². The van der Waals surface area contributed by atoms with Gasteiger partial charge >= 0.3 is 0 Å². The smallest absolute Gasteiger partial charge is 0.242 e. The van der Waals surface area contributed by atoms with E-state index in [1.807, 2.05) is 36.3 Å². The van der Waals surface area contributed by atoms with E-state index in [0.717, 1.165) is 16.8 Å². The maximum absolute atomic E-state index is 11.7. The Labute approximate surface area is 117 Å². The number of anilines is 2. The lowest BCUT2D eigenvalue weighted by Gasteiger charge is -2.28. The van der Waals surface area contributed by atoms with Crippen LogP contribution in [0.1, 0.15) is 6.42 Å². The summed E-state index contributed by atoms with van der Waals surface area (Å²) in [6, 6.07) is 7.92. The van der Waals surface area contributed by atoms with E-state index in [-0.39, 0.29) is 5.91 Å². The number of carbonyl (C=O) groups excluding carboxylic acids is 1. The van der Waals surface area contributed by atoms with Crippen molar-refractivity contribution in [3.63, 3.8) is 0 Å². The highest BCUT2D eigenvalue weighted by Crippen LogP contribution is 2.35. The van der Waals surface area contributed by atoms with E-state index >= 15 is 0 Å². The second-order valence-corrected chi connectivity index (χ2v) is 4.87. The fourth-order valence-corrected chi connectivity index (χ4v) is 2.51. The van der Waals surface area contributed by atoms with E-state index in [1.54, 1.807) is 22.9 Å². The zero-order valence-electron chi connectivity index (χ0n) is 11.6. The molecule has 6 nitrogen and oxygen atoms in total. The van der Waals surface area contributed by atoms with Crippen molar-refractivity contribution in [1.29, 1.82) is 0 Å². The van der Waals surface area contributed by atoms with Gasteiger partial charge in [-0.1, -0.05) is 18.2 Å². The monoisotopic (exact) mass is 271 g/mol. The summed E-state index contributed by atoms with van der Waals surface area (Å²) in [6.07, 6.45) is 2.29. The van der Waals surface area contributed by atoms with Gasteiger partial charge in [0, 0.05) is 38.2 Å². The van der Waals surface area contributed by atoms with Gasteiger partial charge in [0.2, 0.25) is 5.91 Å². The summed E-state index contributed by atoms with van der Waals surface area (Å²) in [6.45, 7) is 0.687. The van der Waals surface area contributed by atoms with Gasteiger partial charge in [-0.3, -0.25) is 19.5 Å². The van der Waals surface area contributed by atoms with Gasteiger partial charge in [-0.05, 0) is 6.07 Å². The molecule has 0 saturated carbocycles. The van der Waals surface area contributed by atoms with Crippen LogP contribution in [0.3, 0.4) is 0 Å². The Morgan fingerprint density at radius 2 is 1.95 bits per heavy atom. The van der Waals surface area contributed by atoms with Crippen LogP contribution < -0.4 is 10.7 Å². The zero-order chi connectivity index (χ0) is 14.3. The third-order valence-electron chi connectivity index (χ3n) is 3.72. The second-order valence-electron chi connectivity index (χ2n) is 4.87. The quantitative estimate of drug-likeness (QED) is 0.892. The Balaban J connectivity index is 2.10. The van der Waals surface area contributed by atoms with E-state index in [2.05, 4.69) is 5.10 Å². The zero-order valence-corrected chi connectivity index (χ0v) is 11.6. The average molecular weight is 271 g/mol. The first kappa shape index (κ1) is 12.5. The van der Waals surface area contributed by atoms with Crippen LogP contribution in [0.15, 0.2) is 30.5 Å². The highest BCUT2D eigenvalue weighted by molar-refractivity contribution is 5.88. The highest BCUT2D eigenvalue weighted by Gasteiger charge is 2.27. The van der Waals surface area contributed by atoms with Crippen LogP contribution >= 0.6 is 0 Å². The predicted molar refractivity (Wildman–Crippen MR) is 77.8 cm³/mol. The number of para-hydroxylation sites is 1. The Hall–Kier alpha value is -2.50. The van der Waals surface area contributed by atoms with Crippen molar-refractivity contribution in [1.82, 2.24) is 14.8 Å². The van der Waals surface area contributed by atoms with Gasteiger partial charge in [0.15, 0.2) is 0 Å². The fourth-order valence-electron chi connectivity index (χ4n) is 2.51. The fraction of sp³-hybridized carbons (Fsp3) is 0.286. The van der Waals surface area contributed by atoms with Crippen molar-refractivity contribution < 1.29 is 4.79 Å². The summed E-state index contributed by atoms with van der Waals surface area (Å²) >= 11 is 0. The van der Waals surface area contributed by atoms with E-state index in [0.29, 0.717) is 18.8 Å². The third kappa shape index (κ3) is 1.80. The number of benzene rings is 1. The number of carbonyl (C=O) groups is 1. The minimum Gasteiger partial charge on any atom is -0.383 e. The molecule has 2 heterocycles. The van der Waals surface area contributed by atoms with E-state index in [4.69, 9.17) is 5.73 Å². The number of aryl methyl sites for hydroxylation is 1. The SMILES string of the molecule is CN1C(=O)CCN1c1ccccc1-c1cnn(C)c1N. The number of nitrogens with two attached hydrogens (primary N) is 1. The lowest BCUT2D eigenvalue weighted by Crippen LogP contribution is -2.35. The summed E-state index contributed by atoms with van der Waals surface area (Å²) in [5, 5.41) is 7.82. The Morgan fingerprint density at radius 1 is 1.20 bits per heavy atom. The Morgan fingerprint density at radius 3 is 2.55 bits per heavy atom. The molecule has 2 N–H and O–H groups in total. The van der Waals surface area contributed by atoms with Crippen LogP contribution in [-0.2, 0) is 11.8 Å². The average Bonchev–Trinajstić information content (AvgIpc) is 2.95. The molecule has 1 saturated heterocycles. The van der Waals surface area contributed by atoms with Gasteiger partial charge in [0.25, 0.3) is 0 Å². The largest absolute Gasteiger partial charge is 0.383 e. The number of rotatable bonds is 2. The molecule has 1 aliphatic heterocycles. The molecule has 20 heavy (non-hydrogen) atoms. The van der Waals surface area contributed by atoms with E-state index < -0.39 is 0 Å². The molecule has 1 amide bonds. The van der Waals surface area contributed by atoms with Crippen molar-refractivity contribution >= 4 is 17.4 Å². The van der Waals surface area contributed by atoms with E-state index in [1.165, 1.54) is 0 Å². The van der Waals surface area contributed by atoms with Crippen LogP contribution in [0, 0.1) is 0 Å². The molecule has 0 unspecified atom stereocenters. The van der Waals surface area contributed by atoms with Crippen LogP contribution in [0.4, 0.5) is 11.5 Å². The van der Waals surface area contributed by atoms with Gasteiger partial charge in [0.1, 0.15) is 5.82 Å². The van der Waals surface area contributed by atoms with Crippen molar-refractivity contribution in [3.05, 3.63) is 30.5 Å². The molecule has 0 radical (unpaired) electrons. The van der Waals surface area contributed by atoms with Crippen molar-refractivity contribution in [3.8, 4) is 11.1 Å². The first-order valence-corrected chi connectivity index (χ1v) is 6.50. The molecule has 0 spiro atoms. The molecule has 1 fully saturated rings. The van der Waals surface area contributed by atoms with Crippen LogP contribution in [-0.4, -0.2) is 34.3 Å². The number of aromatic nitrogens is 2. The molecular weight excluding hydrogens is 254 g/mol. The predicted octanol–water partition coefficient (Wildman–Crippen LogP) is 1.25. The van der Waals surface area contributed by atoms with Crippen LogP contribution in [0.2, 0.25) is 0 Å². The molecule has 1 aliphatic rings. The van der Waals surface area contributed by atoms with Crippen molar-refractivity contribution in [2.45, 2.75) is 6.42 Å². The Bertz CT molecular complexity index is 663. The lowest BCUT2D eigenvalue weighted by molar-refractivity contribution is -0.126. The number of nitrogen functional groups attached to an aromatic ring is 1. The highest BCUT2D eigenvalue weighted by atomic mass is 16.2. The number of hydrazine groups is 1. The summed E-state index contributed by atoms with van der Waals surface area (Å²) in [5.41, 5.74) is 8.91. The number of hydrogen-bond donors (Lipinski definition) is 1. The molecular formula is C14H17N5O. The van der Waals surface area contributed by atoms with Crippen LogP contribution in [0.5, 0.6) is 0 Å². The third-order valence-corrected chi connectivity index (χ3v) is 3.72. The van der Waals surface area contributed by atoms with Crippen molar-refractivity contribution in [2.75, 3.05) is 24.3 Å². The number of amides is 1. The van der Waals surface area contributed by atoms with Gasteiger partial charge in [-0.25, -0.2) is 0 Å². The van der Waals surface area contributed by atoms with Gasteiger partial charge in [-0.15, -0.1) is 0 Å². The molecule has 6 heteroatoms. The van der Waals surface area contributed by atoms with Crippen molar-refractivity contribution in [2.24, 2.45) is 7.05 Å².